The maximum absolute atomic E-state index is 12.5. The molecule has 0 aliphatic rings. The Morgan fingerprint density at radius 2 is 1.68 bits per heavy atom. The number of hydrogen-bond donors (Lipinski definition) is 2. The Morgan fingerprint density at radius 1 is 1.05 bits per heavy atom. The van der Waals surface area contributed by atoms with Gasteiger partial charge in [-0.05, 0) is 42.7 Å². The van der Waals surface area contributed by atoms with Gasteiger partial charge >= 0.3 is 0 Å². The number of aliphatic hydroxyl groups excluding tert-OH is 1. The van der Waals surface area contributed by atoms with Crippen LogP contribution in [0.25, 0.3) is 0 Å². The largest absolute Gasteiger partial charge is 0.396 e. The van der Waals surface area contributed by atoms with E-state index in [1.807, 2.05) is 30.3 Å². The van der Waals surface area contributed by atoms with Crippen molar-refractivity contribution in [1.29, 1.82) is 0 Å². The average Bonchev–Trinajstić information content (AvgIpc) is 2.52. The van der Waals surface area contributed by atoms with Crippen molar-refractivity contribution < 1.29 is 13.5 Å². The fraction of sp³-hybridized carbons (Fsp3) is 0.250. The second kappa shape index (κ2) is 7.74. The van der Waals surface area contributed by atoms with E-state index in [2.05, 4.69) is 4.72 Å². The Hall–Kier alpha value is -1.40. The Labute approximate surface area is 135 Å². The lowest BCUT2D eigenvalue weighted by Crippen LogP contribution is -2.29. The predicted octanol–water partition coefficient (Wildman–Crippen LogP) is 3.13. The number of nitrogens with one attached hydrogen (secondary N) is 1. The molecule has 22 heavy (non-hydrogen) atoms. The van der Waals surface area contributed by atoms with Gasteiger partial charge < -0.3 is 5.11 Å². The fourth-order valence-electron chi connectivity index (χ4n) is 2.14. The van der Waals surface area contributed by atoms with Crippen LogP contribution in [0.4, 0.5) is 0 Å². The molecule has 0 amide bonds. The van der Waals surface area contributed by atoms with Crippen LogP contribution in [-0.2, 0) is 10.0 Å². The fourth-order valence-corrected chi connectivity index (χ4v) is 3.53. The summed E-state index contributed by atoms with van der Waals surface area (Å²) >= 11 is 5.79. The lowest BCUT2D eigenvalue weighted by molar-refractivity contribution is 0.278. The van der Waals surface area contributed by atoms with Crippen molar-refractivity contribution >= 4 is 21.6 Å². The summed E-state index contributed by atoms with van der Waals surface area (Å²) in [6.07, 6.45) is 1.04. The quantitative estimate of drug-likeness (QED) is 0.814. The highest BCUT2D eigenvalue weighted by molar-refractivity contribution is 7.89. The number of hydrogen-bond acceptors (Lipinski definition) is 3. The van der Waals surface area contributed by atoms with E-state index in [0.717, 1.165) is 5.56 Å². The molecular weight excluding hydrogens is 322 g/mol. The zero-order chi connectivity index (χ0) is 16.0. The van der Waals surface area contributed by atoms with Crippen molar-refractivity contribution in [3.8, 4) is 0 Å². The van der Waals surface area contributed by atoms with Crippen LogP contribution in [0, 0.1) is 0 Å². The maximum atomic E-state index is 12.5. The third kappa shape index (κ3) is 4.55. The van der Waals surface area contributed by atoms with Crippen molar-refractivity contribution in [2.24, 2.45) is 0 Å². The van der Waals surface area contributed by atoms with E-state index in [1.54, 1.807) is 12.1 Å². The number of halogens is 1. The number of benzene rings is 2. The molecule has 0 fully saturated rings. The molecular formula is C16H18ClNO3S. The minimum atomic E-state index is -3.65. The smallest absolute Gasteiger partial charge is 0.241 e. The molecule has 1 atom stereocenters. The molecule has 0 radical (unpaired) electrons. The van der Waals surface area contributed by atoms with E-state index < -0.39 is 10.0 Å². The van der Waals surface area contributed by atoms with Crippen molar-refractivity contribution in [2.75, 3.05) is 6.61 Å². The van der Waals surface area contributed by atoms with Gasteiger partial charge in [0.15, 0.2) is 0 Å². The molecule has 2 rings (SSSR count). The van der Waals surface area contributed by atoms with Gasteiger partial charge in [0.25, 0.3) is 0 Å². The summed E-state index contributed by atoms with van der Waals surface area (Å²) < 4.78 is 27.6. The van der Waals surface area contributed by atoms with Gasteiger partial charge in [0, 0.05) is 17.7 Å². The van der Waals surface area contributed by atoms with E-state index in [4.69, 9.17) is 16.7 Å². The molecule has 0 spiro atoms. The van der Waals surface area contributed by atoms with Gasteiger partial charge in [-0.25, -0.2) is 13.1 Å². The molecule has 2 aromatic carbocycles. The predicted molar refractivity (Wildman–Crippen MR) is 87.3 cm³/mol. The normalized spacial score (nSPS) is 13.0. The van der Waals surface area contributed by atoms with Crippen LogP contribution in [0.15, 0.2) is 59.5 Å². The van der Waals surface area contributed by atoms with Gasteiger partial charge in [0.1, 0.15) is 0 Å². The summed E-state index contributed by atoms with van der Waals surface area (Å²) in [6.45, 7) is 0.0198. The molecule has 0 bridgehead atoms. The first-order valence-electron chi connectivity index (χ1n) is 6.96. The lowest BCUT2D eigenvalue weighted by Gasteiger charge is -2.19. The lowest BCUT2D eigenvalue weighted by atomic mass is 10.0. The number of sulfonamides is 1. The van der Waals surface area contributed by atoms with Crippen molar-refractivity contribution in [2.45, 2.75) is 23.8 Å². The Kier molecular flexibility index (Phi) is 5.97. The van der Waals surface area contributed by atoms with E-state index in [-0.39, 0.29) is 17.5 Å². The van der Waals surface area contributed by atoms with Crippen LogP contribution in [0.1, 0.15) is 24.4 Å². The second-order valence-electron chi connectivity index (χ2n) is 4.90. The van der Waals surface area contributed by atoms with Crippen LogP contribution < -0.4 is 4.72 Å². The summed E-state index contributed by atoms with van der Waals surface area (Å²) in [5.41, 5.74) is 0.869. The van der Waals surface area contributed by atoms with Crippen LogP contribution in [0.2, 0.25) is 5.02 Å². The van der Waals surface area contributed by atoms with Gasteiger partial charge in [0.05, 0.1) is 4.90 Å². The number of rotatable bonds is 7. The second-order valence-corrected chi connectivity index (χ2v) is 7.05. The zero-order valence-electron chi connectivity index (χ0n) is 11.9. The van der Waals surface area contributed by atoms with Crippen LogP contribution >= 0.6 is 11.6 Å². The standard InChI is InChI=1S/C16H18ClNO3S/c17-14-8-10-15(11-9-14)22(20,21)18-16(7-4-12-19)13-5-2-1-3-6-13/h1-3,5-6,8-11,16,18-19H,4,7,12H2. The Balaban J connectivity index is 2.24. The monoisotopic (exact) mass is 339 g/mol. The third-order valence-corrected chi connectivity index (χ3v) is 5.01. The first-order chi connectivity index (χ1) is 10.5. The topological polar surface area (TPSA) is 66.4 Å². The number of aliphatic hydroxyl groups is 1. The van der Waals surface area contributed by atoms with E-state index in [1.165, 1.54) is 12.1 Å². The summed E-state index contributed by atoms with van der Waals surface area (Å²) in [6, 6.07) is 15.0. The van der Waals surface area contributed by atoms with E-state index >= 15 is 0 Å². The van der Waals surface area contributed by atoms with Crippen molar-refractivity contribution in [3.63, 3.8) is 0 Å². The summed E-state index contributed by atoms with van der Waals surface area (Å²) in [7, 11) is -3.65. The van der Waals surface area contributed by atoms with Gasteiger partial charge in [-0.15, -0.1) is 0 Å². The molecule has 4 nitrogen and oxygen atoms in total. The van der Waals surface area contributed by atoms with Crippen molar-refractivity contribution in [3.05, 3.63) is 65.2 Å². The minimum Gasteiger partial charge on any atom is -0.396 e. The van der Waals surface area contributed by atoms with Crippen LogP contribution in [-0.4, -0.2) is 20.1 Å². The molecule has 1 unspecified atom stereocenters. The van der Waals surface area contributed by atoms with Gasteiger partial charge in [-0.1, -0.05) is 41.9 Å². The maximum Gasteiger partial charge on any atom is 0.241 e. The first kappa shape index (κ1) is 17.0. The van der Waals surface area contributed by atoms with Gasteiger partial charge in [-0.3, -0.25) is 0 Å². The summed E-state index contributed by atoms with van der Waals surface area (Å²) in [5, 5.41) is 9.50. The highest BCUT2D eigenvalue weighted by Crippen LogP contribution is 2.22. The average molecular weight is 340 g/mol. The van der Waals surface area contributed by atoms with Crippen LogP contribution in [0.5, 0.6) is 0 Å². The summed E-state index contributed by atoms with van der Waals surface area (Å²) in [4.78, 5) is 0.168. The van der Waals surface area contributed by atoms with Crippen LogP contribution in [0.3, 0.4) is 0 Å². The van der Waals surface area contributed by atoms with Gasteiger partial charge in [0.2, 0.25) is 10.0 Å². The molecule has 0 aliphatic heterocycles. The minimum absolute atomic E-state index is 0.0198. The highest BCUT2D eigenvalue weighted by atomic mass is 35.5. The van der Waals surface area contributed by atoms with E-state index in [9.17, 15) is 8.42 Å². The third-order valence-electron chi connectivity index (χ3n) is 3.27. The highest BCUT2D eigenvalue weighted by Gasteiger charge is 2.21. The zero-order valence-corrected chi connectivity index (χ0v) is 13.5. The molecule has 0 aromatic heterocycles. The molecule has 0 aliphatic carbocycles. The molecule has 0 saturated heterocycles. The molecule has 2 N–H and O–H groups in total. The van der Waals surface area contributed by atoms with Gasteiger partial charge in [-0.2, -0.15) is 0 Å². The summed E-state index contributed by atoms with van der Waals surface area (Å²) in [5.74, 6) is 0. The molecule has 6 heteroatoms. The SMILES string of the molecule is O=S(=O)(NC(CCCO)c1ccccc1)c1ccc(Cl)cc1. The van der Waals surface area contributed by atoms with E-state index in [0.29, 0.717) is 17.9 Å². The molecule has 0 saturated carbocycles. The molecule has 2 aromatic rings. The Morgan fingerprint density at radius 3 is 2.27 bits per heavy atom. The molecule has 118 valence electrons. The van der Waals surface area contributed by atoms with Crippen molar-refractivity contribution in [1.82, 2.24) is 4.72 Å². The molecule has 0 heterocycles. The Bertz CT molecular complexity index is 687. The first-order valence-corrected chi connectivity index (χ1v) is 8.83.